The van der Waals surface area contributed by atoms with Crippen LogP contribution in [0.1, 0.15) is 25.8 Å². The highest BCUT2D eigenvalue weighted by Crippen LogP contribution is 2.30. The average Bonchev–Trinajstić information content (AvgIpc) is 3.04. The molecular weight excluding hydrogens is 374 g/mol. The lowest BCUT2D eigenvalue weighted by molar-refractivity contribution is -0.120. The van der Waals surface area contributed by atoms with Crippen LogP contribution in [0.3, 0.4) is 0 Å². The SMILES string of the molecule is C=CCSc1nnc(CN(C(=O)C(Cl)C(C)(C)C)c2ccccc2)s1. The second-order valence-electron chi connectivity index (χ2n) is 6.55. The number of thioether (sulfide) groups is 1. The lowest BCUT2D eigenvalue weighted by Crippen LogP contribution is -2.42. The minimum atomic E-state index is -0.629. The molecule has 0 saturated carbocycles. The smallest absolute Gasteiger partial charge is 0.245 e. The van der Waals surface area contributed by atoms with Crippen LogP contribution in [0.15, 0.2) is 47.3 Å². The first kappa shape index (κ1) is 19.9. The summed E-state index contributed by atoms with van der Waals surface area (Å²) in [6.45, 7) is 9.94. The molecule has 0 spiro atoms. The Morgan fingerprint density at radius 2 is 2.04 bits per heavy atom. The van der Waals surface area contributed by atoms with Crippen molar-refractivity contribution in [2.75, 3.05) is 10.7 Å². The van der Waals surface area contributed by atoms with Crippen LogP contribution in [-0.4, -0.2) is 27.2 Å². The summed E-state index contributed by atoms with van der Waals surface area (Å²) < 4.78 is 0.869. The van der Waals surface area contributed by atoms with Crippen LogP contribution in [0.2, 0.25) is 0 Å². The van der Waals surface area contributed by atoms with Gasteiger partial charge in [-0.05, 0) is 17.5 Å². The zero-order valence-electron chi connectivity index (χ0n) is 14.6. The van der Waals surface area contributed by atoms with Gasteiger partial charge in [-0.2, -0.15) is 0 Å². The van der Waals surface area contributed by atoms with Gasteiger partial charge in [-0.15, -0.1) is 28.4 Å². The van der Waals surface area contributed by atoms with Crippen LogP contribution in [-0.2, 0) is 11.3 Å². The maximum absolute atomic E-state index is 13.0. The van der Waals surface area contributed by atoms with Gasteiger partial charge in [0.15, 0.2) is 4.34 Å². The van der Waals surface area contributed by atoms with Gasteiger partial charge in [0, 0.05) is 11.4 Å². The van der Waals surface area contributed by atoms with Gasteiger partial charge < -0.3 is 4.90 Å². The Labute approximate surface area is 162 Å². The number of hydrogen-bond donors (Lipinski definition) is 0. The zero-order valence-corrected chi connectivity index (χ0v) is 17.0. The summed E-state index contributed by atoms with van der Waals surface area (Å²) in [7, 11) is 0. The van der Waals surface area contributed by atoms with Gasteiger partial charge in [-0.1, -0.05) is 68.1 Å². The Bertz CT molecular complexity index is 713. The number of carbonyl (C=O) groups is 1. The van der Waals surface area contributed by atoms with Crippen LogP contribution >= 0.6 is 34.7 Å². The minimum Gasteiger partial charge on any atom is -0.304 e. The third-order valence-electron chi connectivity index (χ3n) is 3.38. The van der Waals surface area contributed by atoms with E-state index >= 15 is 0 Å². The molecule has 4 nitrogen and oxygen atoms in total. The van der Waals surface area contributed by atoms with E-state index in [1.54, 1.807) is 16.7 Å². The topological polar surface area (TPSA) is 46.1 Å². The largest absolute Gasteiger partial charge is 0.304 e. The second-order valence-corrected chi connectivity index (χ2v) is 9.32. The molecule has 0 aliphatic heterocycles. The van der Waals surface area contributed by atoms with Crippen molar-refractivity contribution >= 4 is 46.3 Å². The van der Waals surface area contributed by atoms with E-state index in [0.717, 1.165) is 20.8 Å². The fraction of sp³-hybridized carbons (Fsp3) is 0.389. The average molecular weight is 396 g/mol. The van der Waals surface area contributed by atoms with Gasteiger partial charge in [-0.3, -0.25) is 4.79 Å². The molecule has 1 unspecified atom stereocenters. The standard InChI is InChI=1S/C18H22ClN3OS2/c1-5-11-24-17-21-20-14(25-17)12-22(13-9-7-6-8-10-13)16(23)15(19)18(2,3)4/h5-10,15H,1,11-12H2,2-4H3. The van der Waals surface area contributed by atoms with Gasteiger partial charge in [0.1, 0.15) is 10.4 Å². The number of hydrogen-bond acceptors (Lipinski definition) is 5. The summed E-state index contributed by atoms with van der Waals surface area (Å²) in [4.78, 5) is 14.7. The summed E-state index contributed by atoms with van der Waals surface area (Å²) >= 11 is 9.52. The molecule has 2 rings (SSSR count). The van der Waals surface area contributed by atoms with E-state index in [2.05, 4.69) is 16.8 Å². The predicted molar refractivity (Wildman–Crippen MR) is 108 cm³/mol. The van der Waals surface area contributed by atoms with Crippen LogP contribution in [0.25, 0.3) is 0 Å². The number of benzene rings is 1. The van der Waals surface area contributed by atoms with Crippen LogP contribution < -0.4 is 4.90 Å². The Morgan fingerprint density at radius 3 is 2.64 bits per heavy atom. The number of halogens is 1. The van der Waals surface area contributed by atoms with E-state index < -0.39 is 5.38 Å². The normalized spacial score (nSPS) is 12.6. The Kier molecular flexibility index (Phi) is 7.04. The highest BCUT2D eigenvalue weighted by atomic mass is 35.5. The summed E-state index contributed by atoms with van der Waals surface area (Å²) in [5.74, 6) is 0.653. The highest BCUT2D eigenvalue weighted by Gasteiger charge is 2.33. The minimum absolute atomic E-state index is 0.129. The molecule has 2 aromatic rings. The third-order valence-corrected chi connectivity index (χ3v) is 6.26. The van der Waals surface area contributed by atoms with Crippen LogP contribution in [0, 0.1) is 5.41 Å². The molecule has 1 amide bonds. The molecule has 7 heteroatoms. The van der Waals surface area contributed by atoms with Crippen molar-refractivity contribution in [1.29, 1.82) is 0 Å². The summed E-state index contributed by atoms with van der Waals surface area (Å²) in [6.07, 6.45) is 1.83. The lowest BCUT2D eigenvalue weighted by atomic mass is 9.91. The van der Waals surface area contributed by atoms with Crippen molar-refractivity contribution in [3.63, 3.8) is 0 Å². The number of para-hydroxylation sites is 1. The molecule has 0 aliphatic carbocycles. The predicted octanol–water partition coefficient (Wildman–Crippen LogP) is 5.00. The van der Waals surface area contributed by atoms with E-state index in [4.69, 9.17) is 11.6 Å². The van der Waals surface area contributed by atoms with Crippen molar-refractivity contribution in [3.8, 4) is 0 Å². The number of aromatic nitrogens is 2. The molecule has 0 N–H and O–H groups in total. The van der Waals surface area contributed by atoms with Crippen molar-refractivity contribution < 1.29 is 4.79 Å². The Balaban J connectivity index is 2.25. The highest BCUT2D eigenvalue weighted by molar-refractivity contribution is 8.01. The maximum atomic E-state index is 13.0. The number of amides is 1. The van der Waals surface area contributed by atoms with E-state index in [1.165, 1.54) is 11.3 Å². The zero-order chi connectivity index (χ0) is 18.4. The van der Waals surface area contributed by atoms with Crippen molar-refractivity contribution in [2.24, 2.45) is 5.41 Å². The van der Waals surface area contributed by atoms with Gasteiger partial charge >= 0.3 is 0 Å². The summed E-state index contributed by atoms with van der Waals surface area (Å²) in [5.41, 5.74) is 0.468. The molecule has 134 valence electrons. The van der Waals surface area contributed by atoms with Gasteiger partial charge in [0.25, 0.3) is 0 Å². The first-order chi connectivity index (χ1) is 11.8. The van der Waals surface area contributed by atoms with Crippen molar-refractivity contribution in [1.82, 2.24) is 10.2 Å². The van der Waals surface area contributed by atoms with Crippen LogP contribution in [0.5, 0.6) is 0 Å². The fourth-order valence-corrected chi connectivity index (χ4v) is 3.80. The van der Waals surface area contributed by atoms with Gasteiger partial charge in [0.05, 0.1) is 6.54 Å². The van der Waals surface area contributed by atoms with Crippen molar-refractivity contribution in [2.45, 2.75) is 37.0 Å². The van der Waals surface area contributed by atoms with E-state index in [0.29, 0.717) is 6.54 Å². The lowest BCUT2D eigenvalue weighted by Gasteiger charge is -2.30. The molecule has 0 aliphatic rings. The molecule has 0 bridgehead atoms. The molecule has 0 radical (unpaired) electrons. The second kappa shape index (κ2) is 8.83. The number of alkyl halides is 1. The fourth-order valence-electron chi connectivity index (χ4n) is 2.04. The van der Waals surface area contributed by atoms with E-state index in [1.807, 2.05) is 57.2 Å². The number of rotatable bonds is 7. The quantitative estimate of drug-likeness (QED) is 0.376. The molecule has 0 saturated heterocycles. The molecular formula is C18H22ClN3OS2. The summed E-state index contributed by atoms with van der Waals surface area (Å²) in [5, 5.41) is 8.53. The van der Waals surface area contributed by atoms with E-state index in [-0.39, 0.29) is 11.3 Å². The number of anilines is 1. The first-order valence-corrected chi connectivity index (χ1v) is 10.1. The monoisotopic (exact) mass is 395 g/mol. The maximum Gasteiger partial charge on any atom is 0.245 e. The Morgan fingerprint density at radius 1 is 1.36 bits per heavy atom. The van der Waals surface area contributed by atoms with Gasteiger partial charge in [0.2, 0.25) is 5.91 Å². The molecule has 1 atom stereocenters. The summed E-state index contributed by atoms with van der Waals surface area (Å²) in [6, 6.07) is 9.53. The van der Waals surface area contributed by atoms with Crippen LogP contribution in [0.4, 0.5) is 5.69 Å². The molecule has 1 aromatic heterocycles. The molecule has 1 aromatic carbocycles. The molecule has 25 heavy (non-hydrogen) atoms. The number of carbonyl (C=O) groups excluding carboxylic acids is 1. The van der Waals surface area contributed by atoms with Crippen molar-refractivity contribution in [3.05, 3.63) is 48.0 Å². The molecule has 0 fully saturated rings. The first-order valence-electron chi connectivity index (χ1n) is 7.89. The molecule has 1 heterocycles. The number of nitrogens with zero attached hydrogens (tertiary/aromatic N) is 3. The van der Waals surface area contributed by atoms with E-state index in [9.17, 15) is 4.79 Å². The Hall–Kier alpha value is -1.37. The third kappa shape index (κ3) is 5.56. The van der Waals surface area contributed by atoms with Gasteiger partial charge in [-0.25, -0.2) is 0 Å².